The normalized spacial score (nSPS) is 18.4. The first-order valence-electron chi connectivity index (χ1n) is 10.9. The minimum absolute atomic E-state index is 0.0476. The maximum absolute atomic E-state index is 12.8. The fourth-order valence-electron chi connectivity index (χ4n) is 4.48. The highest BCUT2D eigenvalue weighted by Crippen LogP contribution is 2.29. The zero-order valence-corrected chi connectivity index (χ0v) is 18.5. The molecule has 1 aliphatic carbocycles. The molecule has 0 radical (unpaired) electrons. The lowest BCUT2D eigenvalue weighted by atomic mass is 10.0. The fraction of sp³-hybridized carbons (Fsp3) is 0.565. The van der Waals surface area contributed by atoms with Crippen LogP contribution in [0.25, 0.3) is 0 Å². The Morgan fingerprint density at radius 2 is 2.00 bits per heavy atom. The van der Waals surface area contributed by atoms with Crippen LogP contribution in [0.5, 0.6) is 11.5 Å². The molecule has 1 saturated carbocycles. The molecule has 1 aromatic heterocycles. The Morgan fingerprint density at radius 1 is 1.20 bits per heavy atom. The second-order valence-electron chi connectivity index (χ2n) is 8.33. The molecule has 2 fully saturated rings. The van der Waals surface area contributed by atoms with Crippen molar-refractivity contribution in [2.45, 2.75) is 51.2 Å². The second kappa shape index (κ2) is 10.3. The van der Waals surface area contributed by atoms with E-state index in [0.717, 1.165) is 37.5 Å². The van der Waals surface area contributed by atoms with Gasteiger partial charge in [-0.1, -0.05) is 12.8 Å². The maximum Gasteiger partial charge on any atom is 0.251 e. The van der Waals surface area contributed by atoms with Crippen molar-refractivity contribution >= 4 is 17.2 Å². The summed E-state index contributed by atoms with van der Waals surface area (Å²) in [6.07, 6.45) is 7.61. The number of likely N-dealkylation sites (tertiary alicyclic amines) is 1. The number of piperidine rings is 1. The standard InChI is InChI=1S/C23H31N3O3S/c1-28-22-12-18(6-7-21(22)29-14-20-15-30-16-24-20)23(27)25-19-8-10-26(11-9-19)13-17-4-2-3-5-17/h6-7,12,15-17,19H,2-5,8-11,13-14H2,1H3,(H,25,27). The maximum atomic E-state index is 12.8. The van der Waals surface area contributed by atoms with Gasteiger partial charge >= 0.3 is 0 Å². The summed E-state index contributed by atoms with van der Waals surface area (Å²) in [5.74, 6) is 2.01. The average Bonchev–Trinajstić information content (AvgIpc) is 3.48. The Kier molecular flexibility index (Phi) is 7.23. The van der Waals surface area contributed by atoms with E-state index in [0.29, 0.717) is 23.7 Å². The highest BCUT2D eigenvalue weighted by molar-refractivity contribution is 7.07. The van der Waals surface area contributed by atoms with E-state index in [1.54, 1.807) is 30.8 Å². The molecule has 1 aromatic carbocycles. The number of thiazole rings is 1. The second-order valence-corrected chi connectivity index (χ2v) is 9.05. The number of rotatable bonds is 8. The lowest BCUT2D eigenvalue weighted by molar-refractivity contribution is 0.0905. The van der Waals surface area contributed by atoms with E-state index >= 15 is 0 Å². The van der Waals surface area contributed by atoms with Crippen molar-refractivity contribution < 1.29 is 14.3 Å². The van der Waals surface area contributed by atoms with Gasteiger partial charge in [-0.3, -0.25) is 4.79 Å². The number of amides is 1. The molecule has 30 heavy (non-hydrogen) atoms. The first-order chi connectivity index (χ1) is 14.7. The van der Waals surface area contributed by atoms with Gasteiger partial charge in [0.2, 0.25) is 0 Å². The van der Waals surface area contributed by atoms with Crippen LogP contribution in [-0.4, -0.2) is 48.6 Å². The lowest BCUT2D eigenvalue weighted by Crippen LogP contribution is -2.45. The molecule has 0 bridgehead atoms. The Labute approximate surface area is 182 Å². The number of hydrogen-bond donors (Lipinski definition) is 1. The van der Waals surface area contributed by atoms with Crippen molar-refractivity contribution in [1.82, 2.24) is 15.2 Å². The van der Waals surface area contributed by atoms with Crippen molar-refractivity contribution in [2.75, 3.05) is 26.7 Å². The van der Waals surface area contributed by atoms with Crippen LogP contribution in [0.2, 0.25) is 0 Å². The van der Waals surface area contributed by atoms with E-state index in [4.69, 9.17) is 9.47 Å². The number of nitrogens with zero attached hydrogens (tertiary/aromatic N) is 2. The Morgan fingerprint density at radius 3 is 2.70 bits per heavy atom. The summed E-state index contributed by atoms with van der Waals surface area (Å²) in [5.41, 5.74) is 3.26. The molecule has 0 unspecified atom stereocenters. The summed E-state index contributed by atoms with van der Waals surface area (Å²) in [6.45, 7) is 3.77. The van der Waals surface area contributed by atoms with Crippen LogP contribution >= 0.6 is 11.3 Å². The van der Waals surface area contributed by atoms with Crippen LogP contribution in [0.4, 0.5) is 0 Å². The predicted octanol–water partition coefficient (Wildman–Crippen LogP) is 4.12. The Hall–Kier alpha value is -2.12. The summed E-state index contributed by atoms with van der Waals surface area (Å²) in [4.78, 5) is 19.6. The molecule has 1 amide bonds. The molecular weight excluding hydrogens is 398 g/mol. The van der Waals surface area contributed by atoms with Crippen LogP contribution in [0.3, 0.4) is 0 Å². The van der Waals surface area contributed by atoms with Crippen molar-refractivity contribution in [3.63, 3.8) is 0 Å². The van der Waals surface area contributed by atoms with Crippen LogP contribution in [-0.2, 0) is 6.61 Å². The molecular formula is C23H31N3O3S. The predicted molar refractivity (Wildman–Crippen MR) is 118 cm³/mol. The third-order valence-corrected chi connectivity index (χ3v) is 6.83. The van der Waals surface area contributed by atoms with E-state index in [2.05, 4.69) is 15.2 Å². The van der Waals surface area contributed by atoms with Gasteiger partial charge in [0.15, 0.2) is 11.5 Å². The number of hydrogen-bond acceptors (Lipinski definition) is 6. The van der Waals surface area contributed by atoms with Gasteiger partial charge in [0.05, 0.1) is 18.3 Å². The van der Waals surface area contributed by atoms with Crippen molar-refractivity contribution in [2.24, 2.45) is 5.92 Å². The summed E-state index contributed by atoms with van der Waals surface area (Å²) in [7, 11) is 1.59. The smallest absolute Gasteiger partial charge is 0.251 e. The summed E-state index contributed by atoms with van der Waals surface area (Å²) < 4.78 is 11.2. The van der Waals surface area contributed by atoms with Crippen molar-refractivity contribution in [3.8, 4) is 11.5 Å². The molecule has 1 aliphatic heterocycles. The van der Waals surface area contributed by atoms with Crippen LogP contribution in [0.15, 0.2) is 29.1 Å². The number of methoxy groups -OCH3 is 1. The molecule has 7 heteroatoms. The van der Waals surface area contributed by atoms with E-state index in [1.165, 1.54) is 43.6 Å². The minimum Gasteiger partial charge on any atom is -0.493 e. The van der Waals surface area contributed by atoms with E-state index in [-0.39, 0.29) is 11.9 Å². The SMILES string of the molecule is COc1cc(C(=O)NC2CCN(CC3CCCC3)CC2)ccc1OCc1cscn1. The Bertz CT molecular complexity index is 813. The number of ether oxygens (including phenoxy) is 2. The molecule has 2 aromatic rings. The molecule has 2 heterocycles. The third kappa shape index (κ3) is 5.52. The van der Waals surface area contributed by atoms with E-state index in [9.17, 15) is 4.79 Å². The van der Waals surface area contributed by atoms with Crippen LogP contribution in [0, 0.1) is 5.92 Å². The number of aromatic nitrogens is 1. The topological polar surface area (TPSA) is 63.7 Å². The molecule has 0 atom stereocenters. The van der Waals surface area contributed by atoms with Gasteiger partial charge in [-0.25, -0.2) is 4.98 Å². The first kappa shape index (κ1) is 21.1. The summed E-state index contributed by atoms with van der Waals surface area (Å²) >= 11 is 1.54. The number of nitrogens with one attached hydrogen (secondary N) is 1. The quantitative estimate of drug-likeness (QED) is 0.684. The lowest BCUT2D eigenvalue weighted by Gasteiger charge is -2.33. The molecule has 0 spiro atoms. The summed E-state index contributed by atoms with van der Waals surface area (Å²) in [5, 5.41) is 5.16. The van der Waals surface area contributed by atoms with E-state index < -0.39 is 0 Å². The van der Waals surface area contributed by atoms with E-state index in [1.807, 2.05) is 5.38 Å². The van der Waals surface area contributed by atoms with Crippen molar-refractivity contribution in [1.29, 1.82) is 0 Å². The highest BCUT2D eigenvalue weighted by atomic mass is 32.1. The molecule has 2 aliphatic rings. The van der Waals surface area contributed by atoms with Gasteiger partial charge in [0.25, 0.3) is 5.91 Å². The zero-order chi connectivity index (χ0) is 20.8. The molecule has 4 rings (SSSR count). The summed E-state index contributed by atoms with van der Waals surface area (Å²) in [6, 6.07) is 5.58. The van der Waals surface area contributed by atoms with Gasteiger partial charge in [0, 0.05) is 36.6 Å². The zero-order valence-electron chi connectivity index (χ0n) is 17.6. The number of carbonyl (C=O) groups excluding carboxylic acids is 1. The van der Waals surface area contributed by atoms with Gasteiger partial charge < -0.3 is 19.7 Å². The van der Waals surface area contributed by atoms with Gasteiger partial charge in [0.1, 0.15) is 6.61 Å². The third-order valence-electron chi connectivity index (χ3n) is 6.20. The minimum atomic E-state index is -0.0476. The molecule has 162 valence electrons. The van der Waals surface area contributed by atoms with Crippen LogP contribution < -0.4 is 14.8 Å². The molecule has 1 saturated heterocycles. The molecule has 1 N–H and O–H groups in total. The highest BCUT2D eigenvalue weighted by Gasteiger charge is 2.24. The first-order valence-corrected chi connectivity index (χ1v) is 11.9. The van der Waals surface area contributed by atoms with Crippen LogP contribution in [0.1, 0.15) is 54.6 Å². The average molecular weight is 430 g/mol. The molecule has 6 nitrogen and oxygen atoms in total. The van der Waals surface area contributed by atoms with Crippen molar-refractivity contribution in [3.05, 3.63) is 40.3 Å². The Balaban J connectivity index is 1.27. The largest absolute Gasteiger partial charge is 0.493 e. The fourth-order valence-corrected chi connectivity index (χ4v) is 5.02. The number of carbonyl (C=O) groups is 1. The van der Waals surface area contributed by atoms with Gasteiger partial charge in [-0.05, 0) is 49.8 Å². The number of benzene rings is 1. The van der Waals surface area contributed by atoms with Gasteiger partial charge in [-0.15, -0.1) is 11.3 Å². The monoisotopic (exact) mass is 429 g/mol. The van der Waals surface area contributed by atoms with Gasteiger partial charge in [-0.2, -0.15) is 0 Å².